The van der Waals surface area contributed by atoms with Gasteiger partial charge in [0.05, 0.1) is 16.3 Å². The van der Waals surface area contributed by atoms with Crippen LogP contribution in [0.15, 0.2) is 69.6 Å². The summed E-state index contributed by atoms with van der Waals surface area (Å²) in [7, 11) is -3.95. The van der Waals surface area contributed by atoms with Gasteiger partial charge >= 0.3 is 0 Å². The van der Waals surface area contributed by atoms with Gasteiger partial charge in [0.1, 0.15) is 0 Å². The van der Waals surface area contributed by atoms with E-state index in [0.29, 0.717) is 16.8 Å². The number of fused-ring (bicyclic) bond motifs is 1. The molecule has 5 nitrogen and oxygen atoms in total. The molecule has 0 unspecified atom stereocenters. The van der Waals surface area contributed by atoms with Gasteiger partial charge in [-0.15, -0.1) is 0 Å². The van der Waals surface area contributed by atoms with Crippen molar-refractivity contribution in [2.75, 3.05) is 0 Å². The molecule has 176 valence electrons. The van der Waals surface area contributed by atoms with E-state index in [1.807, 2.05) is 6.92 Å². The Balaban J connectivity index is 2.27. The number of sulfonamides is 1. The zero-order valence-electron chi connectivity index (χ0n) is 20.6. The maximum absolute atomic E-state index is 13.7. The van der Waals surface area contributed by atoms with Crippen molar-refractivity contribution in [3.8, 4) is 0 Å². The van der Waals surface area contributed by atoms with E-state index in [9.17, 15) is 13.2 Å². The molecule has 2 aromatic rings. The maximum atomic E-state index is 13.7. The molecule has 0 saturated carbocycles. The van der Waals surface area contributed by atoms with E-state index in [1.165, 1.54) is 0 Å². The molecule has 0 spiro atoms. The Bertz CT molecular complexity index is 1200. The van der Waals surface area contributed by atoms with Gasteiger partial charge in [0, 0.05) is 22.2 Å². The first-order valence-corrected chi connectivity index (χ1v) is 12.9. The van der Waals surface area contributed by atoms with Crippen molar-refractivity contribution in [3.63, 3.8) is 0 Å². The molecule has 0 atom stereocenters. The molecule has 0 amide bonds. The topological polar surface area (TPSA) is 66.8 Å². The molecule has 0 aromatic heterocycles. The minimum absolute atomic E-state index is 0.111. The van der Waals surface area contributed by atoms with Crippen molar-refractivity contribution in [3.05, 3.63) is 77.0 Å². The van der Waals surface area contributed by atoms with E-state index in [2.05, 4.69) is 50.8 Å². The quantitative estimate of drug-likeness (QED) is 0.507. The van der Waals surface area contributed by atoms with E-state index in [-0.39, 0.29) is 27.5 Å². The van der Waals surface area contributed by atoms with Crippen LogP contribution in [0, 0.1) is 6.92 Å². The van der Waals surface area contributed by atoms with Crippen LogP contribution in [0.25, 0.3) is 0 Å². The summed E-state index contributed by atoms with van der Waals surface area (Å²) >= 11 is 0. The second-order valence-electron chi connectivity index (χ2n) is 9.84. The van der Waals surface area contributed by atoms with Crippen LogP contribution in [-0.2, 0) is 10.0 Å². The fourth-order valence-electron chi connectivity index (χ4n) is 4.24. The van der Waals surface area contributed by atoms with Crippen LogP contribution in [0.3, 0.4) is 0 Å². The third-order valence-corrected chi connectivity index (χ3v) is 7.98. The lowest BCUT2D eigenvalue weighted by molar-refractivity contribution is 0.0422. The summed E-state index contributed by atoms with van der Waals surface area (Å²) in [6.07, 6.45) is 3.29. The van der Waals surface area contributed by atoms with Crippen molar-refractivity contribution >= 4 is 21.5 Å². The van der Waals surface area contributed by atoms with E-state index in [0.717, 1.165) is 18.4 Å². The summed E-state index contributed by atoms with van der Waals surface area (Å²) in [6.45, 7) is 14.5. The van der Waals surface area contributed by atoms with Crippen LogP contribution in [0.2, 0.25) is 0 Å². The smallest absolute Gasteiger partial charge is 0.282 e. The van der Waals surface area contributed by atoms with Crippen molar-refractivity contribution in [1.29, 1.82) is 0 Å². The van der Waals surface area contributed by atoms with Crippen LogP contribution in [0.4, 0.5) is 0 Å². The Kier molecular flexibility index (Phi) is 6.72. The average molecular weight is 467 g/mol. The van der Waals surface area contributed by atoms with Crippen LogP contribution in [0.1, 0.15) is 75.9 Å². The van der Waals surface area contributed by atoms with Gasteiger partial charge in [-0.2, -0.15) is 12.8 Å². The highest BCUT2D eigenvalue weighted by molar-refractivity contribution is 7.90. The first-order chi connectivity index (χ1) is 15.3. The van der Waals surface area contributed by atoms with Gasteiger partial charge in [-0.05, 0) is 65.7 Å². The molecule has 0 bridgehead atoms. The zero-order chi connectivity index (χ0) is 24.6. The number of rotatable bonds is 7. The van der Waals surface area contributed by atoms with Crippen LogP contribution in [-0.4, -0.2) is 35.9 Å². The zero-order valence-corrected chi connectivity index (χ0v) is 21.5. The highest BCUT2D eigenvalue weighted by Crippen LogP contribution is 2.38. The third-order valence-electron chi connectivity index (χ3n) is 6.67. The standard InChI is InChI=1S/C27H34N2O3S/c1-8-26(4,5)29(27(6,7)9-2)24-18-23(21-12-10-11-13-22(21)25(24)30)28-33(31,32)20-16-14-19(3)15-17-20/h10-18H,8-9H2,1-7H3. The average Bonchev–Trinajstić information content (AvgIpc) is 2.77. The van der Waals surface area contributed by atoms with Gasteiger partial charge < -0.3 is 4.90 Å². The molecule has 2 aromatic carbocycles. The lowest BCUT2D eigenvalue weighted by Crippen LogP contribution is -2.56. The molecule has 1 aliphatic rings. The number of aryl methyl sites for hydroxylation is 1. The molecule has 3 rings (SSSR count). The summed E-state index contributed by atoms with van der Waals surface area (Å²) in [5.41, 5.74) is 2.08. The SMILES string of the molecule is CCC(C)(C)N(C1=CC(=NS(=O)(=O)c2ccc(C)cc2)c2ccccc2C1=O)C(C)(C)CC. The number of benzene rings is 2. The molecular weight excluding hydrogens is 432 g/mol. The predicted molar refractivity (Wildman–Crippen MR) is 134 cm³/mol. The van der Waals surface area contributed by atoms with Crippen molar-refractivity contribution in [1.82, 2.24) is 4.90 Å². The van der Waals surface area contributed by atoms with Crippen LogP contribution in [0.5, 0.6) is 0 Å². The van der Waals surface area contributed by atoms with Gasteiger partial charge in [0.2, 0.25) is 5.78 Å². The van der Waals surface area contributed by atoms with Gasteiger partial charge in [0.25, 0.3) is 10.0 Å². The summed E-state index contributed by atoms with van der Waals surface area (Å²) < 4.78 is 30.6. The predicted octanol–water partition coefficient (Wildman–Crippen LogP) is 5.93. The van der Waals surface area contributed by atoms with Gasteiger partial charge in [-0.1, -0.05) is 55.8 Å². The molecule has 6 heteroatoms. The number of carbonyl (C=O) groups excluding carboxylic acids is 1. The van der Waals surface area contributed by atoms with E-state index >= 15 is 0 Å². The molecule has 0 heterocycles. The summed E-state index contributed by atoms with van der Waals surface area (Å²) in [4.78, 5) is 16.0. The van der Waals surface area contributed by atoms with E-state index in [1.54, 1.807) is 54.6 Å². The van der Waals surface area contributed by atoms with Crippen molar-refractivity contribution in [2.45, 2.75) is 77.3 Å². The molecule has 0 radical (unpaired) electrons. The van der Waals surface area contributed by atoms with Crippen LogP contribution < -0.4 is 0 Å². The Morgan fingerprint density at radius 1 is 0.848 bits per heavy atom. The molecule has 0 fully saturated rings. The maximum Gasteiger partial charge on any atom is 0.282 e. The fourth-order valence-corrected chi connectivity index (χ4v) is 5.23. The highest BCUT2D eigenvalue weighted by atomic mass is 32.2. The summed E-state index contributed by atoms with van der Waals surface area (Å²) in [6, 6.07) is 13.7. The Morgan fingerprint density at radius 3 is 1.88 bits per heavy atom. The first-order valence-electron chi connectivity index (χ1n) is 11.4. The second-order valence-corrected chi connectivity index (χ2v) is 11.4. The largest absolute Gasteiger partial charge is 0.358 e. The molecule has 33 heavy (non-hydrogen) atoms. The third kappa shape index (κ3) is 4.81. The summed E-state index contributed by atoms with van der Waals surface area (Å²) in [5, 5.41) is 0. The molecule has 0 aliphatic heterocycles. The molecule has 0 saturated heterocycles. The Morgan fingerprint density at radius 2 is 1.36 bits per heavy atom. The number of nitrogens with zero attached hydrogens (tertiary/aromatic N) is 2. The van der Waals surface area contributed by atoms with E-state index < -0.39 is 10.0 Å². The lowest BCUT2D eigenvalue weighted by atomic mass is 9.84. The van der Waals surface area contributed by atoms with Crippen molar-refractivity contribution < 1.29 is 13.2 Å². The molecule has 0 N–H and O–H groups in total. The minimum Gasteiger partial charge on any atom is -0.358 e. The number of ketones is 1. The van der Waals surface area contributed by atoms with Gasteiger partial charge in [0.15, 0.2) is 0 Å². The molecule has 1 aliphatic carbocycles. The van der Waals surface area contributed by atoms with Gasteiger partial charge in [-0.25, -0.2) is 0 Å². The number of hydrogen-bond acceptors (Lipinski definition) is 4. The number of allylic oxidation sites excluding steroid dienone is 2. The number of carbonyl (C=O) groups is 1. The Labute approximate surface area is 198 Å². The Hall–Kier alpha value is -2.73. The monoisotopic (exact) mass is 466 g/mol. The second kappa shape index (κ2) is 8.90. The van der Waals surface area contributed by atoms with Crippen LogP contribution >= 0.6 is 0 Å². The van der Waals surface area contributed by atoms with Crippen molar-refractivity contribution in [2.24, 2.45) is 4.40 Å². The normalized spacial score (nSPS) is 15.9. The summed E-state index contributed by atoms with van der Waals surface area (Å²) in [5.74, 6) is -0.111. The highest BCUT2D eigenvalue weighted by Gasteiger charge is 2.41. The molecular formula is C27H34N2O3S. The number of hydrogen-bond donors (Lipinski definition) is 0. The van der Waals surface area contributed by atoms with E-state index in [4.69, 9.17) is 0 Å². The van der Waals surface area contributed by atoms with Gasteiger partial charge in [-0.3, -0.25) is 4.79 Å². The lowest BCUT2D eigenvalue weighted by Gasteiger charge is -2.51. The fraction of sp³-hybridized carbons (Fsp3) is 0.407. The first kappa shape index (κ1) is 24.9. The minimum atomic E-state index is -3.95. The number of Topliss-reactive ketones (excluding diaryl/α,β-unsaturated/α-hetero) is 1.